The molecule has 0 saturated carbocycles. The fraction of sp³-hybridized carbons (Fsp3) is 0.611. The van der Waals surface area contributed by atoms with E-state index < -0.39 is 12.6 Å². The first kappa shape index (κ1) is 17.3. The van der Waals surface area contributed by atoms with Gasteiger partial charge in [-0.25, -0.2) is 0 Å². The second kappa shape index (κ2) is 7.13. The van der Waals surface area contributed by atoms with E-state index >= 15 is 0 Å². The second-order valence-corrected chi connectivity index (χ2v) is 7.04. The Labute approximate surface area is 140 Å². The quantitative estimate of drug-likeness (QED) is 0.849. The van der Waals surface area contributed by atoms with Crippen LogP contribution in [-0.2, 0) is 11.2 Å². The van der Waals surface area contributed by atoms with Gasteiger partial charge in [0, 0.05) is 30.6 Å². The highest BCUT2D eigenvalue weighted by Gasteiger charge is 2.34. The molecule has 3 nitrogen and oxygen atoms in total. The summed E-state index contributed by atoms with van der Waals surface area (Å²) in [5, 5.41) is 6.42. The number of anilines is 1. The zero-order valence-corrected chi connectivity index (χ0v) is 13.5. The zero-order valence-electron chi connectivity index (χ0n) is 13.5. The van der Waals surface area contributed by atoms with E-state index in [1.54, 1.807) is 24.3 Å². The van der Waals surface area contributed by atoms with E-state index in [-0.39, 0.29) is 12.3 Å². The van der Waals surface area contributed by atoms with E-state index in [9.17, 15) is 18.0 Å². The van der Waals surface area contributed by atoms with E-state index in [1.165, 1.54) is 12.8 Å². The summed E-state index contributed by atoms with van der Waals surface area (Å²) in [5.74, 6) is 0.416. The maximum Gasteiger partial charge on any atom is 0.389 e. The number of rotatable bonds is 5. The average molecular weight is 340 g/mol. The van der Waals surface area contributed by atoms with E-state index in [2.05, 4.69) is 10.6 Å². The van der Waals surface area contributed by atoms with Crippen molar-refractivity contribution in [2.75, 3.05) is 5.32 Å². The first-order valence-electron chi connectivity index (χ1n) is 8.59. The molecular weight excluding hydrogens is 317 g/mol. The van der Waals surface area contributed by atoms with Gasteiger partial charge in [-0.2, -0.15) is 13.2 Å². The SMILES string of the molecule is O=C(CC1CC2CCC(C1)N2)Nc1ccc(CCC(F)(F)F)cc1. The Kier molecular flexibility index (Phi) is 5.13. The van der Waals surface area contributed by atoms with Crippen molar-refractivity contribution in [2.24, 2.45) is 5.92 Å². The van der Waals surface area contributed by atoms with Crippen molar-refractivity contribution in [3.63, 3.8) is 0 Å². The number of amides is 1. The molecule has 2 aliphatic rings. The summed E-state index contributed by atoms with van der Waals surface area (Å²) >= 11 is 0. The third-order valence-corrected chi connectivity index (χ3v) is 4.98. The zero-order chi connectivity index (χ0) is 17.2. The van der Waals surface area contributed by atoms with Gasteiger partial charge in [0.2, 0.25) is 5.91 Å². The van der Waals surface area contributed by atoms with Crippen molar-refractivity contribution in [2.45, 2.75) is 63.2 Å². The van der Waals surface area contributed by atoms with Crippen LogP contribution in [0, 0.1) is 5.92 Å². The predicted octanol–water partition coefficient (Wildman–Crippen LogP) is 4.04. The van der Waals surface area contributed by atoms with Crippen LogP contribution < -0.4 is 10.6 Å². The molecule has 0 aromatic heterocycles. The Morgan fingerprint density at radius 2 is 1.75 bits per heavy atom. The van der Waals surface area contributed by atoms with Gasteiger partial charge in [-0.3, -0.25) is 4.79 Å². The van der Waals surface area contributed by atoms with Crippen LogP contribution in [-0.4, -0.2) is 24.2 Å². The third kappa shape index (κ3) is 4.97. The molecule has 0 spiro atoms. The minimum absolute atomic E-state index is 0.00987. The molecule has 2 heterocycles. The number of carbonyl (C=O) groups is 1. The molecule has 2 aliphatic heterocycles. The van der Waals surface area contributed by atoms with E-state index in [1.807, 2.05) is 0 Å². The number of piperidine rings is 1. The largest absolute Gasteiger partial charge is 0.389 e. The summed E-state index contributed by atoms with van der Waals surface area (Å²) < 4.78 is 36.6. The fourth-order valence-corrected chi connectivity index (χ4v) is 3.86. The van der Waals surface area contributed by atoms with Gasteiger partial charge >= 0.3 is 6.18 Å². The summed E-state index contributed by atoms with van der Waals surface area (Å²) in [7, 11) is 0. The van der Waals surface area contributed by atoms with Gasteiger partial charge in [-0.1, -0.05) is 12.1 Å². The maximum absolute atomic E-state index is 12.2. The van der Waals surface area contributed by atoms with Crippen LogP contribution in [0.3, 0.4) is 0 Å². The van der Waals surface area contributed by atoms with Gasteiger partial charge < -0.3 is 10.6 Å². The van der Waals surface area contributed by atoms with E-state index in [4.69, 9.17) is 0 Å². The van der Waals surface area contributed by atoms with Crippen molar-refractivity contribution < 1.29 is 18.0 Å². The molecule has 2 fully saturated rings. The number of aryl methyl sites for hydroxylation is 1. The topological polar surface area (TPSA) is 41.1 Å². The predicted molar refractivity (Wildman–Crippen MR) is 86.7 cm³/mol. The van der Waals surface area contributed by atoms with Crippen LogP contribution in [0.1, 0.15) is 44.1 Å². The van der Waals surface area contributed by atoms with Gasteiger partial charge in [0.1, 0.15) is 0 Å². The third-order valence-electron chi connectivity index (χ3n) is 4.98. The van der Waals surface area contributed by atoms with Crippen LogP contribution in [0.2, 0.25) is 0 Å². The summed E-state index contributed by atoms with van der Waals surface area (Å²) in [6.07, 6.45) is 0.0585. The number of carbonyl (C=O) groups excluding carboxylic acids is 1. The smallest absolute Gasteiger partial charge is 0.326 e. The lowest BCUT2D eigenvalue weighted by molar-refractivity contribution is -0.134. The molecular formula is C18H23F3N2O. The molecule has 0 aliphatic carbocycles. The molecule has 2 bridgehead atoms. The summed E-state index contributed by atoms with van der Waals surface area (Å²) in [6.45, 7) is 0. The first-order valence-corrected chi connectivity index (χ1v) is 8.59. The van der Waals surface area contributed by atoms with Crippen LogP contribution in [0.4, 0.5) is 18.9 Å². The maximum atomic E-state index is 12.2. The molecule has 1 aromatic carbocycles. The molecule has 2 atom stereocenters. The average Bonchev–Trinajstić information content (AvgIpc) is 2.84. The van der Waals surface area contributed by atoms with Crippen molar-refractivity contribution in [3.8, 4) is 0 Å². The standard InChI is InChI=1S/C18H23F3N2O/c19-18(20,21)8-7-12-1-3-14(4-2-12)23-17(24)11-13-9-15-5-6-16(10-13)22-15/h1-4,13,15-16,22H,5-11H2,(H,23,24). The molecule has 2 N–H and O–H groups in total. The van der Waals surface area contributed by atoms with E-state index in [0.29, 0.717) is 35.7 Å². The lowest BCUT2D eigenvalue weighted by Gasteiger charge is -2.28. The van der Waals surface area contributed by atoms with Crippen molar-refractivity contribution in [1.29, 1.82) is 0 Å². The lowest BCUT2D eigenvalue weighted by atomic mass is 9.89. The highest BCUT2D eigenvalue weighted by atomic mass is 19.4. The van der Waals surface area contributed by atoms with Crippen LogP contribution in [0.25, 0.3) is 0 Å². The lowest BCUT2D eigenvalue weighted by Crippen LogP contribution is -2.39. The molecule has 2 saturated heterocycles. The number of benzene rings is 1. The summed E-state index contributed by atoms with van der Waals surface area (Å²) in [6, 6.07) is 7.77. The van der Waals surface area contributed by atoms with Gasteiger partial charge in [0.05, 0.1) is 0 Å². The molecule has 1 aromatic rings. The summed E-state index contributed by atoms with van der Waals surface area (Å²) in [5.41, 5.74) is 1.27. The number of alkyl halides is 3. The van der Waals surface area contributed by atoms with Crippen molar-refractivity contribution in [1.82, 2.24) is 5.32 Å². The van der Waals surface area contributed by atoms with Gasteiger partial charge in [0.25, 0.3) is 0 Å². The molecule has 2 unspecified atom stereocenters. The van der Waals surface area contributed by atoms with E-state index in [0.717, 1.165) is 12.8 Å². The van der Waals surface area contributed by atoms with Crippen molar-refractivity contribution in [3.05, 3.63) is 29.8 Å². The Balaban J connectivity index is 1.46. The Hall–Kier alpha value is -1.56. The fourth-order valence-electron chi connectivity index (χ4n) is 3.86. The number of hydrogen-bond donors (Lipinski definition) is 2. The van der Waals surface area contributed by atoms with Crippen LogP contribution >= 0.6 is 0 Å². The molecule has 132 valence electrons. The number of nitrogens with one attached hydrogen (secondary N) is 2. The number of halogens is 3. The van der Waals surface area contributed by atoms with Crippen molar-refractivity contribution >= 4 is 11.6 Å². The molecule has 24 heavy (non-hydrogen) atoms. The highest BCUT2D eigenvalue weighted by Crippen LogP contribution is 2.32. The number of fused-ring (bicyclic) bond motifs is 2. The Bertz CT molecular complexity index is 559. The Morgan fingerprint density at radius 3 is 2.33 bits per heavy atom. The summed E-state index contributed by atoms with van der Waals surface area (Å²) in [4.78, 5) is 12.2. The van der Waals surface area contributed by atoms with Crippen LogP contribution in [0.5, 0.6) is 0 Å². The monoisotopic (exact) mass is 340 g/mol. The van der Waals surface area contributed by atoms with Gasteiger partial charge in [-0.05, 0) is 55.7 Å². The van der Waals surface area contributed by atoms with Crippen LogP contribution in [0.15, 0.2) is 24.3 Å². The first-order chi connectivity index (χ1) is 11.4. The molecule has 6 heteroatoms. The normalized spacial score (nSPS) is 26.4. The van der Waals surface area contributed by atoms with Gasteiger partial charge in [0.15, 0.2) is 0 Å². The molecule has 1 amide bonds. The van der Waals surface area contributed by atoms with Gasteiger partial charge in [-0.15, -0.1) is 0 Å². The highest BCUT2D eigenvalue weighted by molar-refractivity contribution is 5.90. The molecule has 3 rings (SSSR count). The minimum atomic E-state index is -4.14. The number of hydrogen-bond acceptors (Lipinski definition) is 2. The Morgan fingerprint density at radius 1 is 1.12 bits per heavy atom. The second-order valence-electron chi connectivity index (χ2n) is 7.04. The molecule has 0 radical (unpaired) electrons. The minimum Gasteiger partial charge on any atom is -0.326 e.